The van der Waals surface area contributed by atoms with Crippen molar-refractivity contribution in [3.63, 3.8) is 0 Å². The molecule has 0 unspecified atom stereocenters. The Hall–Kier alpha value is -2.75. The summed E-state index contributed by atoms with van der Waals surface area (Å²) >= 11 is 0. The van der Waals surface area contributed by atoms with Gasteiger partial charge in [0.05, 0.1) is 7.11 Å². The van der Waals surface area contributed by atoms with Gasteiger partial charge in [0.25, 0.3) is 5.89 Å². The molecular weight excluding hydrogens is 254 g/mol. The van der Waals surface area contributed by atoms with Crippen LogP contribution in [-0.2, 0) is 0 Å². The van der Waals surface area contributed by atoms with Crippen LogP contribution in [0.2, 0.25) is 0 Å². The van der Waals surface area contributed by atoms with Gasteiger partial charge < -0.3 is 13.6 Å². The van der Waals surface area contributed by atoms with Crippen LogP contribution in [0.3, 0.4) is 0 Å². The maximum Gasteiger partial charge on any atom is 0.263 e. The van der Waals surface area contributed by atoms with Crippen LogP contribution in [0.15, 0.2) is 57.4 Å². The molecule has 0 bridgehead atoms. The van der Waals surface area contributed by atoms with Gasteiger partial charge in [-0.25, -0.2) is 4.98 Å². The molecule has 0 amide bonds. The van der Waals surface area contributed by atoms with Crippen molar-refractivity contribution in [2.75, 3.05) is 7.11 Å². The Labute approximate surface area is 114 Å². The van der Waals surface area contributed by atoms with E-state index in [0.717, 1.165) is 22.2 Å². The Morgan fingerprint density at radius 1 is 0.950 bits per heavy atom. The van der Waals surface area contributed by atoms with Crippen LogP contribution in [0, 0.1) is 0 Å². The highest BCUT2D eigenvalue weighted by molar-refractivity contribution is 5.83. The van der Waals surface area contributed by atoms with E-state index in [2.05, 4.69) is 4.98 Å². The number of ether oxygens (including phenoxy) is 1. The molecule has 0 radical (unpaired) electrons. The summed E-state index contributed by atoms with van der Waals surface area (Å²) in [7, 11) is 1.62. The molecule has 2 aromatic carbocycles. The SMILES string of the molecule is COc1ccc2nc(-c3cc4ccccc4o3)oc2c1. The molecule has 0 saturated carbocycles. The van der Waals surface area contributed by atoms with Crippen molar-refractivity contribution in [1.82, 2.24) is 4.98 Å². The third-order valence-corrected chi connectivity index (χ3v) is 3.23. The lowest BCUT2D eigenvalue weighted by molar-refractivity contribution is 0.414. The Kier molecular flexibility index (Phi) is 2.29. The number of fused-ring (bicyclic) bond motifs is 2. The fourth-order valence-corrected chi connectivity index (χ4v) is 2.22. The predicted molar refractivity (Wildman–Crippen MR) is 75.8 cm³/mol. The first-order valence-corrected chi connectivity index (χ1v) is 6.27. The molecular formula is C16H11NO3. The minimum atomic E-state index is 0.476. The number of nitrogens with zero attached hydrogens (tertiary/aromatic N) is 1. The Balaban J connectivity index is 1.88. The van der Waals surface area contributed by atoms with Crippen LogP contribution >= 0.6 is 0 Å². The van der Waals surface area contributed by atoms with E-state index in [1.165, 1.54) is 0 Å². The molecule has 0 saturated heterocycles. The summed E-state index contributed by atoms with van der Waals surface area (Å²) in [5.41, 5.74) is 2.28. The molecule has 4 rings (SSSR count). The molecule has 98 valence electrons. The van der Waals surface area contributed by atoms with Crippen LogP contribution in [0.25, 0.3) is 33.7 Å². The second-order valence-corrected chi connectivity index (χ2v) is 4.50. The summed E-state index contributed by atoms with van der Waals surface area (Å²) in [6.45, 7) is 0. The van der Waals surface area contributed by atoms with Crippen LogP contribution in [0.4, 0.5) is 0 Å². The van der Waals surface area contributed by atoms with Crippen molar-refractivity contribution >= 4 is 22.1 Å². The zero-order valence-electron chi connectivity index (χ0n) is 10.8. The molecule has 4 heteroatoms. The molecule has 4 nitrogen and oxygen atoms in total. The number of benzene rings is 2. The molecule has 0 aliphatic rings. The highest BCUT2D eigenvalue weighted by atomic mass is 16.5. The van der Waals surface area contributed by atoms with Crippen molar-refractivity contribution in [3.8, 4) is 17.4 Å². The van der Waals surface area contributed by atoms with E-state index >= 15 is 0 Å². The van der Waals surface area contributed by atoms with Gasteiger partial charge in [-0.05, 0) is 24.3 Å². The normalized spacial score (nSPS) is 11.2. The first-order chi connectivity index (χ1) is 9.83. The number of hydrogen-bond donors (Lipinski definition) is 0. The molecule has 0 aliphatic heterocycles. The maximum absolute atomic E-state index is 5.75. The largest absolute Gasteiger partial charge is 0.497 e. The average molecular weight is 265 g/mol. The Bertz CT molecular complexity index is 871. The van der Waals surface area contributed by atoms with Gasteiger partial charge >= 0.3 is 0 Å². The lowest BCUT2D eigenvalue weighted by Gasteiger charge is -1.95. The monoisotopic (exact) mass is 265 g/mol. The molecule has 0 atom stereocenters. The summed E-state index contributed by atoms with van der Waals surface area (Å²) in [6.07, 6.45) is 0. The van der Waals surface area contributed by atoms with Crippen molar-refractivity contribution in [2.24, 2.45) is 0 Å². The lowest BCUT2D eigenvalue weighted by atomic mass is 10.2. The lowest BCUT2D eigenvalue weighted by Crippen LogP contribution is -1.80. The summed E-state index contributed by atoms with van der Waals surface area (Å²) in [5.74, 6) is 1.84. The predicted octanol–water partition coefficient (Wildman–Crippen LogP) is 4.25. The molecule has 0 spiro atoms. The summed E-state index contributed by atoms with van der Waals surface area (Å²) in [5, 5.41) is 1.03. The van der Waals surface area contributed by atoms with Crippen LogP contribution < -0.4 is 4.74 Å². The second-order valence-electron chi connectivity index (χ2n) is 4.50. The van der Waals surface area contributed by atoms with Crippen molar-refractivity contribution < 1.29 is 13.6 Å². The summed E-state index contributed by atoms with van der Waals surface area (Å²) in [6, 6.07) is 15.3. The minimum Gasteiger partial charge on any atom is -0.497 e. The third-order valence-electron chi connectivity index (χ3n) is 3.23. The van der Waals surface area contributed by atoms with Crippen molar-refractivity contribution in [1.29, 1.82) is 0 Å². The average Bonchev–Trinajstić information content (AvgIpc) is 3.09. The number of aromatic nitrogens is 1. The molecule has 0 aliphatic carbocycles. The van der Waals surface area contributed by atoms with Gasteiger partial charge in [-0.2, -0.15) is 0 Å². The van der Waals surface area contributed by atoms with Crippen molar-refractivity contribution in [3.05, 3.63) is 48.5 Å². The van der Waals surface area contributed by atoms with E-state index in [1.54, 1.807) is 7.11 Å². The molecule has 4 aromatic rings. The topological polar surface area (TPSA) is 48.4 Å². The molecule has 20 heavy (non-hydrogen) atoms. The first kappa shape index (κ1) is 11.1. The third kappa shape index (κ3) is 1.66. The number of para-hydroxylation sites is 1. The number of furan rings is 1. The zero-order chi connectivity index (χ0) is 13.5. The van der Waals surface area contributed by atoms with Gasteiger partial charge in [-0.1, -0.05) is 18.2 Å². The zero-order valence-corrected chi connectivity index (χ0v) is 10.8. The van der Waals surface area contributed by atoms with Gasteiger partial charge in [0.2, 0.25) is 0 Å². The van der Waals surface area contributed by atoms with E-state index in [9.17, 15) is 0 Å². The van der Waals surface area contributed by atoms with Gasteiger partial charge in [-0.15, -0.1) is 0 Å². The maximum atomic E-state index is 5.75. The number of rotatable bonds is 2. The molecule has 2 heterocycles. The Morgan fingerprint density at radius 2 is 1.85 bits per heavy atom. The van der Waals surface area contributed by atoms with E-state index in [1.807, 2.05) is 48.5 Å². The first-order valence-electron chi connectivity index (χ1n) is 6.27. The summed E-state index contributed by atoms with van der Waals surface area (Å²) in [4.78, 5) is 4.44. The number of methoxy groups -OCH3 is 1. The highest BCUT2D eigenvalue weighted by Crippen LogP contribution is 2.30. The fraction of sp³-hybridized carbons (Fsp3) is 0.0625. The molecule has 0 fully saturated rings. The van der Waals surface area contributed by atoms with E-state index in [0.29, 0.717) is 17.2 Å². The van der Waals surface area contributed by atoms with Gasteiger partial charge in [0.15, 0.2) is 11.3 Å². The summed E-state index contributed by atoms with van der Waals surface area (Å²) < 4.78 is 16.7. The van der Waals surface area contributed by atoms with Crippen LogP contribution in [0.5, 0.6) is 5.75 Å². The molecule has 2 aromatic heterocycles. The number of oxazole rings is 1. The smallest absolute Gasteiger partial charge is 0.263 e. The minimum absolute atomic E-state index is 0.476. The quantitative estimate of drug-likeness (QED) is 0.543. The fourth-order valence-electron chi connectivity index (χ4n) is 2.22. The second kappa shape index (κ2) is 4.13. The number of hydrogen-bond acceptors (Lipinski definition) is 4. The van der Waals surface area contributed by atoms with Gasteiger partial charge in [-0.3, -0.25) is 0 Å². The highest BCUT2D eigenvalue weighted by Gasteiger charge is 2.13. The van der Waals surface area contributed by atoms with Crippen molar-refractivity contribution in [2.45, 2.75) is 0 Å². The van der Waals surface area contributed by atoms with Gasteiger partial charge in [0, 0.05) is 11.5 Å². The standard InChI is InChI=1S/C16H11NO3/c1-18-11-6-7-12-14(9-11)20-16(17-12)15-8-10-4-2-3-5-13(10)19-15/h2-9H,1H3. The Morgan fingerprint density at radius 3 is 2.70 bits per heavy atom. The van der Waals surface area contributed by atoms with Crippen LogP contribution in [-0.4, -0.2) is 12.1 Å². The van der Waals surface area contributed by atoms with E-state index in [-0.39, 0.29) is 0 Å². The van der Waals surface area contributed by atoms with Crippen LogP contribution in [0.1, 0.15) is 0 Å². The van der Waals surface area contributed by atoms with E-state index < -0.39 is 0 Å². The van der Waals surface area contributed by atoms with Gasteiger partial charge in [0.1, 0.15) is 16.8 Å². The van der Waals surface area contributed by atoms with E-state index in [4.69, 9.17) is 13.6 Å². The molecule has 0 N–H and O–H groups in total.